The van der Waals surface area contributed by atoms with Crippen LogP contribution in [0.25, 0.3) is 0 Å². The first-order valence-corrected chi connectivity index (χ1v) is 11.5. The molecule has 0 radical (unpaired) electrons. The van der Waals surface area contributed by atoms with E-state index >= 15 is 0 Å². The van der Waals surface area contributed by atoms with Crippen molar-refractivity contribution < 1.29 is 9.59 Å². The second kappa shape index (κ2) is 8.99. The van der Waals surface area contributed by atoms with Gasteiger partial charge in [0.2, 0.25) is 0 Å². The molecule has 0 spiro atoms. The van der Waals surface area contributed by atoms with E-state index in [2.05, 4.69) is 0 Å². The monoisotopic (exact) mass is 434 g/mol. The van der Waals surface area contributed by atoms with Crippen molar-refractivity contribution in [3.05, 3.63) is 118 Å². The normalized spacial score (nSPS) is 17.9. The van der Waals surface area contributed by atoms with E-state index < -0.39 is 6.04 Å². The van der Waals surface area contributed by atoms with Crippen LogP contribution >= 0.6 is 0 Å². The number of allylic oxidation sites excluding steroid dienone is 1. The van der Waals surface area contributed by atoms with Crippen LogP contribution in [-0.2, 0) is 4.79 Å². The van der Waals surface area contributed by atoms with Gasteiger partial charge in [-0.1, -0.05) is 90.5 Å². The molecule has 3 aromatic rings. The highest BCUT2D eigenvalue weighted by atomic mass is 16.2. The van der Waals surface area contributed by atoms with E-state index in [9.17, 15) is 9.59 Å². The van der Waals surface area contributed by atoms with Gasteiger partial charge in [-0.3, -0.25) is 14.6 Å². The maximum Gasteiger partial charge on any atom is 0.253 e. The summed E-state index contributed by atoms with van der Waals surface area (Å²) < 4.78 is 0. The van der Waals surface area contributed by atoms with E-state index in [1.807, 2.05) is 84.6 Å². The topological polar surface area (TPSA) is 49.7 Å². The number of likely N-dealkylation sites (tertiary alicyclic amines) is 1. The number of rotatable bonds is 5. The number of nitrogens with zero attached hydrogens (tertiary/aromatic N) is 2. The fraction of sp³-hybridized carbons (Fsp3) is 0.207. The SMILES string of the molecule is Cc1ccc(C2N=C(c3ccccc3)C(C(=O)c3ccccc3)=C2C(=O)N2CCCC2)cc1. The molecular weight excluding hydrogens is 408 g/mol. The van der Waals surface area contributed by atoms with Gasteiger partial charge in [0.05, 0.1) is 16.9 Å². The highest BCUT2D eigenvalue weighted by molar-refractivity contribution is 6.37. The second-order valence-electron chi connectivity index (χ2n) is 8.64. The Kier molecular flexibility index (Phi) is 5.74. The van der Waals surface area contributed by atoms with Crippen LogP contribution in [0.2, 0.25) is 0 Å². The van der Waals surface area contributed by atoms with Crippen LogP contribution in [0.3, 0.4) is 0 Å². The summed E-state index contributed by atoms with van der Waals surface area (Å²) in [6.45, 7) is 3.47. The van der Waals surface area contributed by atoms with Crippen molar-refractivity contribution >= 4 is 17.4 Å². The van der Waals surface area contributed by atoms with Gasteiger partial charge in [0.15, 0.2) is 5.78 Å². The summed E-state index contributed by atoms with van der Waals surface area (Å²) >= 11 is 0. The highest BCUT2D eigenvalue weighted by Gasteiger charge is 2.40. The summed E-state index contributed by atoms with van der Waals surface area (Å²) in [4.78, 5) is 34.7. The second-order valence-corrected chi connectivity index (χ2v) is 8.64. The minimum atomic E-state index is -0.503. The van der Waals surface area contributed by atoms with Gasteiger partial charge in [0, 0.05) is 24.2 Å². The van der Waals surface area contributed by atoms with Gasteiger partial charge in [0.25, 0.3) is 5.91 Å². The number of aliphatic imine (C=N–C) groups is 1. The Morgan fingerprint density at radius 3 is 2.06 bits per heavy atom. The summed E-state index contributed by atoms with van der Waals surface area (Å²) in [6, 6.07) is 26.5. The van der Waals surface area contributed by atoms with Gasteiger partial charge >= 0.3 is 0 Å². The molecule has 1 saturated heterocycles. The molecule has 4 heteroatoms. The summed E-state index contributed by atoms with van der Waals surface area (Å²) in [6.07, 6.45) is 1.98. The molecule has 0 aromatic heterocycles. The van der Waals surface area contributed by atoms with E-state index in [-0.39, 0.29) is 11.7 Å². The summed E-state index contributed by atoms with van der Waals surface area (Å²) in [5, 5.41) is 0. The molecule has 1 unspecified atom stereocenters. The average molecular weight is 435 g/mol. The van der Waals surface area contributed by atoms with Crippen molar-refractivity contribution in [3.63, 3.8) is 0 Å². The van der Waals surface area contributed by atoms with Gasteiger partial charge in [-0.25, -0.2) is 0 Å². The molecule has 33 heavy (non-hydrogen) atoms. The number of hydrogen-bond acceptors (Lipinski definition) is 3. The minimum absolute atomic E-state index is 0.0768. The first kappa shape index (κ1) is 21.1. The zero-order valence-electron chi connectivity index (χ0n) is 18.7. The summed E-state index contributed by atoms with van der Waals surface area (Å²) in [5.74, 6) is -0.234. The molecule has 3 aromatic carbocycles. The summed E-state index contributed by atoms with van der Waals surface area (Å²) in [5.41, 5.74) is 4.99. The fourth-order valence-electron chi connectivity index (χ4n) is 4.61. The van der Waals surface area contributed by atoms with Crippen LogP contribution < -0.4 is 0 Å². The van der Waals surface area contributed by atoms with Gasteiger partial charge < -0.3 is 4.90 Å². The molecule has 4 nitrogen and oxygen atoms in total. The first-order chi connectivity index (χ1) is 16.1. The van der Waals surface area contributed by atoms with Crippen LogP contribution in [0, 0.1) is 6.92 Å². The molecule has 164 valence electrons. The number of carbonyl (C=O) groups excluding carboxylic acids is 2. The van der Waals surface area contributed by atoms with Gasteiger partial charge in [-0.05, 0) is 25.3 Å². The number of carbonyl (C=O) groups is 2. The minimum Gasteiger partial charge on any atom is -0.339 e. The predicted molar refractivity (Wildman–Crippen MR) is 131 cm³/mol. The Morgan fingerprint density at radius 2 is 1.42 bits per heavy atom. The Bertz CT molecular complexity index is 1240. The molecule has 1 atom stereocenters. The number of Topliss-reactive ketones (excluding diaryl/α,β-unsaturated/α-hetero) is 1. The summed E-state index contributed by atoms with van der Waals surface area (Å²) in [7, 11) is 0. The molecule has 1 fully saturated rings. The Hall–Kier alpha value is -3.79. The zero-order valence-corrected chi connectivity index (χ0v) is 18.7. The van der Waals surface area contributed by atoms with Crippen molar-refractivity contribution in [2.24, 2.45) is 4.99 Å². The third-order valence-electron chi connectivity index (χ3n) is 6.36. The van der Waals surface area contributed by atoms with Crippen molar-refractivity contribution in [2.75, 3.05) is 13.1 Å². The molecule has 2 heterocycles. The molecular formula is C29H26N2O2. The van der Waals surface area contributed by atoms with E-state index in [1.165, 1.54) is 0 Å². The van der Waals surface area contributed by atoms with Crippen LogP contribution in [-0.4, -0.2) is 35.4 Å². The largest absolute Gasteiger partial charge is 0.339 e. The van der Waals surface area contributed by atoms with Crippen molar-refractivity contribution in [2.45, 2.75) is 25.8 Å². The standard InChI is InChI=1S/C29H26N2O2/c1-20-14-16-22(17-15-20)27-25(29(33)31-18-8-9-19-31)24(28(32)23-12-6-3-7-13-23)26(30-27)21-10-4-2-5-11-21/h2-7,10-17,27H,8-9,18-19H2,1H3. The van der Waals surface area contributed by atoms with Crippen LogP contribution in [0.5, 0.6) is 0 Å². The maximum atomic E-state index is 13.9. The van der Waals surface area contributed by atoms with Gasteiger partial charge in [-0.15, -0.1) is 0 Å². The average Bonchev–Trinajstić information content (AvgIpc) is 3.54. The Morgan fingerprint density at radius 1 is 0.818 bits per heavy atom. The van der Waals surface area contributed by atoms with Gasteiger partial charge in [-0.2, -0.15) is 0 Å². The first-order valence-electron chi connectivity index (χ1n) is 11.5. The van der Waals surface area contributed by atoms with Crippen molar-refractivity contribution in [3.8, 4) is 0 Å². The van der Waals surface area contributed by atoms with E-state index in [1.54, 1.807) is 12.1 Å². The number of benzene rings is 3. The molecule has 1 amide bonds. The van der Waals surface area contributed by atoms with E-state index in [4.69, 9.17) is 4.99 Å². The molecule has 0 N–H and O–H groups in total. The predicted octanol–water partition coefficient (Wildman–Crippen LogP) is 5.34. The van der Waals surface area contributed by atoms with Crippen molar-refractivity contribution in [1.82, 2.24) is 4.90 Å². The maximum absolute atomic E-state index is 13.9. The number of amides is 1. The number of hydrogen-bond donors (Lipinski definition) is 0. The zero-order chi connectivity index (χ0) is 22.8. The Balaban J connectivity index is 1.73. The van der Waals surface area contributed by atoms with E-state index in [0.29, 0.717) is 22.4 Å². The molecule has 0 aliphatic carbocycles. The van der Waals surface area contributed by atoms with Crippen LogP contribution in [0.15, 0.2) is 101 Å². The molecule has 2 aliphatic rings. The lowest BCUT2D eigenvalue weighted by Gasteiger charge is -2.21. The molecule has 0 saturated carbocycles. The third-order valence-corrected chi connectivity index (χ3v) is 6.36. The molecule has 2 aliphatic heterocycles. The Labute approximate surface area is 194 Å². The fourth-order valence-corrected chi connectivity index (χ4v) is 4.61. The van der Waals surface area contributed by atoms with Crippen LogP contribution in [0.4, 0.5) is 0 Å². The number of aryl methyl sites for hydroxylation is 1. The lowest BCUT2D eigenvalue weighted by atomic mass is 9.89. The molecule has 0 bridgehead atoms. The third kappa shape index (κ3) is 4.05. The lowest BCUT2D eigenvalue weighted by Crippen LogP contribution is -2.32. The lowest BCUT2D eigenvalue weighted by molar-refractivity contribution is -0.126. The van der Waals surface area contributed by atoms with Crippen LogP contribution in [0.1, 0.15) is 45.9 Å². The molecule has 5 rings (SSSR count). The van der Waals surface area contributed by atoms with E-state index in [0.717, 1.165) is 42.6 Å². The quantitative estimate of drug-likeness (QED) is 0.509. The number of ketones is 1. The smallest absolute Gasteiger partial charge is 0.253 e. The van der Waals surface area contributed by atoms with Crippen molar-refractivity contribution in [1.29, 1.82) is 0 Å². The van der Waals surface area contributed by atoms with Gasteiger partial charge in [0.1, 0.15) is 6.04 Å². The highest BCUT2D eigenvalue weighted by Crippen LogP contribution is 2.39.